The average Bonchev–Trinajstić information content (AvgIpc) is 2.67. The van der Waals surface area contributed by atoms with Gasteiger partial charge in [-0.25, -0.2) is 14.5 Å². The largest absolute Gasteiger partial charge is 0.476 e. The van der Waals surface area contributed by atoms with Gasteiger partial charge in [0.15, 0.2) is 5.69 Å². The summed E-state index contributed by atoms with van der Waals surface area (Å²) in [5, 5.41) is 12.3. The molecule has 0 atom stereocenters. The molecule has 0 saturated carbocycles. The number of carboxylic acid groups (broad SMARTS) is 1. The number of aromatic carboxylic acids is 1. The minimum absolute atomic E-state index is 0.116. The van der Waals surface area contributed by atoms with Gasteiger partial charge in [0.25, 0.3) is 0 Å². The summed E-state index contributed by atoms with van der Waals surface area (Å²) in [6.07, 6.45) is 2.67. The highest BCUT2D eigenvalue weighted by atomic mass is 19.1. The van der Waals surface area contributed by atoms with Crippen LogP contribution in [0, 0.1) is 5.95 Å². The third kappa shape index (κ3) is 1.69. The van der Waals surface area contributed by atoms with Crippen molar-refractivity contribution in [1.82, 2.24) is 14.8 Å². The molecule has 15 heavy (non-hydrogen) atoms. The molecule has 0 aliphatic rings. The summed E-state index contributed by atoms with van der Waals surface area (Å²) in [7, 11) is 0. The zero-order chi connectivity index (χ0) is 10.8. The molecule has 0 amide bonds. The molecule has 0 radical (unpaired) electrons. The molecule has 0 fully saturated rings. The molecule has 5 nitrogen and oxygen atoms in total. The fraction of sp³-hybridized carbons (Fsp3) is 0. The van der Waals surface area contributed by atoms with Gasteiger partial charge < -0.3 is 5.11 Å². The SMILES string of the molecule is O=C(O)c1ccn(-c2cccnc2F)n1. The van der Waals surface area contributed by atoms with Crippen molar-refractivity contribution in [1.29, 1.82) is 0 Å². The lowest BCUT2D eigenvalue weighted by Crippen LogP contribution is -2.03. The van der Waals surface area contributed by atoms with Gasteiger partial charge in [-0.1, -0.05) is 0 Å². The molecule has 0 spiro atoms. The number of aromatic nitrogens is 3. The van der Waals surface area contributed by atoms with E-state index >= 15 is 0 Å². The molecule has 2 aromatic rings. The first-order valence-corrected chi connectivity index (χ1v) is 4.08. The highest BCUT2D eigenvalue weighted by Gasteiger charge is 2.10. The van der Waals surface area contributed by atoms with Crippen molar-refractivity contribution < 1.29 is 14.3 Å². The summed E-state index contributed by atoms with van der Waals surface area (Å²) in [5.41, 5.74) is -0.0248. The molecule has 0 saturated heterocycles. The maximum absolute atomic E-state index is 13.2. The van der Waals surface area contributed by atoms with Gasteiger partial charge in [0, 0.05) is 12.4 Å². The zero-order valence-electron chi connectivity index (χ0n) is 7.46. The molecule has 0 aliphatic heterocycles. The Morgan fingerprint density at radius 3 is 2.87 bits per heavy atom. The Labute approximate surface area is 83.8 Å². The number of nitrogens with zero attached hydrogens (tertiary/aromatic N) is 3. The molecule has 2 rings (SSSR count). The van der Waals surface area contributed by atoms with Gasteiger partial charge in [0.1, 0.15) is 5.69 Å². The van der Waals surface area contributed by atoms with E-state index in [-0.39, 0.29) is 11.4 Å². The average molecular weight is 207 g/mol. The Morgan fingerprint density at radius 1 is 1.47 bits per heavy atom. The molecule has 0 bridgehead atoms. The monoisotopic (exact) mass is 207 g/mol. The highest BCUT2D eigenvalue weighted by molar-refractivity contribution is 5.85. The Hall–Kier alpha value is -2.24. The summed E-state index contributed by atoms with van der Waals surface area (Å²) < 4.78 is 14.3. The normalized spacial score (nSPS) is 10.2. The van der Waals surface area contributed by atoms with Crippen LogP contribution in [0.15, 0.2) is 30.6 Å². The van der Waals surface area contributed by atoms with Crippen LogP contribution in [0.3, 0.4) is 0 Å². The molecule has 0 unspecified atom stereocenters. The van der Waals surface area contributed by atoms with Crippen LogP contribution in [0.4, 0.5) is 4.39 Å². The molecule has 0 aromatic carbocycles. The molecule has 1 N–H and O–H groups in total. The maximum atomic E-state index is 13.2. The van der Waals surface area contributed by atoms with Crippen LogP contribution in [-0.2, 0) is 0 Å². The van der Waals surface area contributed by atoms with Gasteiger partial charge in [-0.05, 0) is 18.2 Å². The van der Waals surface area contributed by atoms with Gasteiger partial charge >= 0.3 is 5.97 Å². The van der Waals surface area contributed by atoms with Crippen LogP contribution >= 0.6 is 0 Å². The summed E-state index contributed by atoms with van der Waals surface area (Å²) in [4.78, 5) is 14.0. The van der Waals surface area contributed by atoms with E-state index in [2.05, 4.69) is 10.1 Å². The molecule has 6 heteroatoms. The number of hydrogen-bond acceptors (Lipinski definition) is 3. The minimum Gasteiger partial charge on any atom is -0.476 e. The van der Waals surface area contributed by atoms with Crippen molar-refractivity contribution in [2.45, 2.75) is 0 Å². The van der Waals surface area contributed by atoms with Gasteiger partial charge in [-0.3, -0.25) is 0 Å². The van der Waals surface area contributed by atoms with Gasteiger partial charge in [-0.2, -0.15) is 9.49 Å². The number of hydrogen-bond donors (Lipinski definition) is 1. The van der Waals surface area contributed by atoms with Crippen molar-refractivity contribution in [3.8, 4) is 5.69 Å². The van der Waals surface area contributed by atoms with Crippen molar-refractivity contribution in [2.24, 2.45) is 0 Å². The molecular formula is C9H6FN3O2. The molecular weight excluding hydrogens is 201 g/mol. The smallest absolute Gasteiger partial charge is 0.356 e. The van der Waals surface area contributed by atoms with Gasteiger partial charge in [0.05, 0.1) is 0 Å². The summed E-state index contributed by atoms with van der Waals surface area (Å²) in [5.74, 6) is -1.85. The third-order valence-corrected chi connectivity index (χ3v) is 1.79. The van der Waals surface area contributed by atoms with Crippen LogP contribution < -0.4 is 0 Å². The van der Waals surface area contributed by atoms with E-state index in [9.17, 15) is 9.18 Å². The van der Waals surface area contributed by atoms with Crippen molar-refractivity contribution in [3.63, 3.8) is 0 Å². The maximum Gasteiger partial charge on any atom is 0.356 e. The molecule has 2 aromatic heterocycles. The fourth-order valence-electron chi connectivity index (χ4n) is 1.12. The zero-order valence-corrected chi connectivity index (χ0v) is 7.46. The van der Waals surface area contributed by atoms with E-state index in [4.69, 9.17) is 5.11 Å². The lowest BCUT2D eigenvalue weighted by atomic mass is 10.4. The first-order chi connectivity index (χ1) is 7.18. The van der Waals surface area contributed by atoms with Gasteiger partial charge in [0.2, 0.25) is 5.95 Å². The van der Waals surface area contributed by atoms with E-state index in [1.807, 2.05) is 0 Å². The van der Waals surface area contributed by atoms with Crippen molar-refractivity contribution in [2.75, 3.05) is 0 Å². The summed E-state index contributed by atoms with van der Waals surface area (Å²) >= 11 is 0. The number of carboxylic acids is 1. The van der Waals surface area contributed by atoms with E-state index < -0.39 is 11.9 Å². The van der Waals surface area contributed by atoms with E-state index in [1.54, 1.807) is 6.07 Å². The number of halogens is 1. The van der Waals surface area contributed by atoms with Crippen LogP contribution in [-0.4, -0.2) is 25.8 Å². The highest BCUT2D eigenvalue weighted by Crippen LogP contribution is 2.09. The quantitative estimate of drug-likeness (QED) is 0.749. The first kappa shape index (κ1) is 9.32. The minimum atomic E-state index is -1.15. The predicted molar refractivity (Wildman–Crippen MR) is 48.3 cm³/mol. The lowest BCUT2D eigenvalue weighted by Gasteiger charge is -2.00. The second kappa shape index (κ2) is 3.49. The third-order valence-electron chi connectivity index (χ3n) is 1.79. The van der Waals surface area contributed by atoms with Gasteiger partial charge in [-0.15, -0.1) is 0 Å². The van der Waals surface area contributed by atoms with Crippen LogP contribution in [0.2, 0.25) is 0 Å². The van der Waals surface area contributed by atoms with Crippen LogP contribution in [0.5, 0.6) is 0 Å². The second-order valence-electron chi connectivity index (χ2n) is 2.76. The summed E-state index contributed by atoms with van der Waals surface area (Å²) in [6, 6.07) is 4.29. The van der Waals surface area contributed by atoms with Crippen molar-refractivity contribution >= 4 is 5.97 Å². The Morgan fingerprint density at radius 2 is 2.27 bits per heavy atom. The van der Waals surface area contributed by atoms with Crippen molar-refractivity contribution in [3.05, 3.63) is 42.2 Å². The Bertz CT molecular complexity index is 510. The summed E-state index contributed by atoms with van der Waals surface area (Å²) in [6.45, 7) is 0. The molecule has 76 valence electrons. The van der Waals surface area contributed by atoms with E-state index in [0.29, 0.717) is 0 Å². The lowest BCUT2D eigenvalue weighted by molar-refractivity contribution is 0.0690. The fourth-order valence-corrected chi connectivity index (χ4v) is 1.12. The number of pyridine rings is 1. The molecule has 0 aliphatic carbocycles. The second-order valence-corrected chi connectivity index (χ2v) is 2.76. The van der Waals surface area contributed by atoms with Crippen LogP contribution in [0.25, 0.3) is 5.69 Å². The number of rotatable bonds is 2. The Kier molecular flexibility index (Phi) is 2.17. The van der Waals surface area contributed by atoms with E-state index in [0.717, 1.165) is 4.68 Å². The Balaban J connectivity index is 2.46. The first-order valence-electron chi connectivity index (χ1n) is 4.08. The topological polar surface area (TPSA) is 68.0 Å². The van der Waals surface area contributed by atoms with E-state index in [1.165, 1.54) is 24.5 Å². The van der Waals surface area contributed by atoms with Crippen LogP contribution in [0.1, 0.15) is 10.5 Å². The predicted octanol–water partition coefficient (Wildman–Crippen LogP) is 1.10. The number of carbonyl (C=O) groups is 1. The molecule has 2 heterocycles. The standard InChI is InChI=1S/C9H6FN3O2/c10-8-7(2-1-4-11-8)13-5-3-6(12-13)9(14)15/h1-5H,(H,14,15).